The first-order valence-corrected chi connectivity index (χ1v) is 7.76. The number of aromatic nitrogens is 3. The van der Waals surface area contributed by atoms with Gasteiger partial charge in [0.15, 0.2) is 5.82 Å². The predicted octanol–water partition coefficient (Wildman–Crippen LogP) is 2.35. The maximum atomic E-state index is 12.3. The van der Waals surface area contributed by atoms with Crippen molar-refractivity contribution in [2.24, 2.45) is 0 Å². The first-order chi connectivity index (χ1) is 11.2. The monoisotopic (exact) mass is 316 g/mol. The minimum atomic E-state index is -0.518. The van der Waals surface area contributed by atoms with Gasteiger partial charge in [-0.15, -0.1) is 5.10 Å². The molecule has 7 nitrogen and oxygen atoms in total. The molecule has 3 rings (SSSR count). The Kier molecular flexibility index (Phi) is 4.45. The molecule has 23 heavy (non-hydrogen) atoms. The van der Waals surface area contributed by atoms with Crippen LogP contribution in [0.15, 0.2) is 24.3 Å². The number of carbonyl (C=O) groups is 1. The highest BCUT2D eigenvalue weighted by Crippen LogP contribution is 2.26. The van der Waals surface area contributed by atoms with Gasteiger partial charge in [0.1, 0.15) is 17.5 Å². The number of para-hydroxylation sites is 2. The van der Waals surface area contributed by atoms with Crippen molar-refractivity contribution in [1.29, 1.82) is 0 Å². The zero-order chi connectivity index (χ0) is 16.2. The second kappa shape index (κ2) is 6.68. The molecule has 0 radical (unpaired) electrons. The third kappa shape index (κ3) is 3.13. The van der Waals surface area contributed by atoms with Crippen LogP contribution in [0.2, 0.25) is 0 Å². The highest BCUT2D eigenvalue weighted by molar-refractivity contribution is 5.92. The van der Waals surface area contributed by atoms with Crippen molar-refractivity contribution in [3.63, 3.8) is 0 Å². The van der Waals surface area contributed by atoms with Crippen molar-refractivity contribution >= 4 is 11.8 Å². The van der Waals surface area contributed by atoms with Crippen LogP contribution in [0, 0.1) is 0 Å². The van der Waals surface area contributed by atoms with Crippen molar-refractivity contribution in [1.82, 2.24) is 15.0 Å². The van der Waals surface area contributed by atoms with Crippen LogP contribution in [-0.2, 0) is 4.74 Å². The van der Waals surface area contributed by atoms with Crippen LogP contribution in [0.25, 0.3) is 5.69 Å². The summed E-state index contributed by atoms with van der Waals surface area (Å²) in [5.74, 6) is 0.224. The minimum absolute atomic E-state index is 0.0430. The van der Waals surface area contributed by atoms with Gasteiger partial charge in [-0.1, -0.05) is 23.8 Å². The molecule has 0 spiro atoms. The van der Waals surface area contributed by atoms with E-state index in [1.807, 2.05) is 12.1 Å². The maximum absolute atomic E-state index is 12.3. The molecule has 1 aromatic carbocycles. The smallest absolute Gasteiger partial charge is 0.363 e. The Labute approximate surface area is 134 Å². The molecule has 122 valence electrons. The summed E-state index contributed by atoms with van der Waals surface area (Å²) >= 11 is 0. The van der Waals surface area contributed by atoms with Crippen molar-refractivity contribution in [3.05, 3.63) is 30.0 Å². The number of nitrogen functional groups attached to an aromatic ring is 1. The molecule has 1 aliphatic carbocycles. The summed E-state index contributed by atoms with van der Waals surface area (Å²) in [6.45, 7) is 0. The van der Waals surface area contributed by atoms with Gasteiger partial charge in [0, 0.05) is 0 Å². The molecule has 1 saturated carbocycles. The number of anilines is 1. The molecule has 0 atom stereocenters. The molecule has 1 fully saturated rings. The van der Waals surface area contributed by atoms with E-state index in [1.165, 1.54) is 11.1 Å². The number of ether oxygens (including phenoxy) is 2. The molecule has 0 amide bonds. The fourth-order valence-electron chi connectivity index (χ4n) is 2.81. The van der Waals surface area contributed by atoms with Gasteiger partial charge in [-0.05, 0) is 37.8 Å². The normalized spacial score (nSPS) is 15.3. The number of benzene rings is 1. The Balaban J connectivity index is 1.82. The number of methoxy groups -OCH3 is 1. The third-order valence-electron chi connectivity index (χ3n) is 4.04. The van der Waals surface area contributed by atoms with E-state index >= 15 is 0 Å². The third-order valence-corrected chi connectivity index (χ3v) is 4.04. The number of esters is 1. The summed E-state index contributed by atoms with van der Waals surface area (Å²) in [6.07, 6.45) is 5.11. The van der Waals surface area contributed by atoms with Gasteiger partial charge in [0.25, 0.3) is 0 Å². The van der Waals surface area contributed by atoms with Crippen molar-refractivity contribution in [2.45, 2.75) is 38.2 Å². The van der Waals surface area contributed by atoms with Crippen LogP contribution in [0.3, 0.4) is 0 Å². The average Bonchev–Trinajstić information content (AvgIpc) is 2.97. The topological polar surface area (TPSA) is 92.3 Å². The highest BCUT2D eigenvalue weighted by Gasteiger charge is 2.25. The van der Waals surface area contributed by atoms with Gasteiger partial charge in [-0.2, -0.15) is 4.68 Å². The van der Waals surface area contributed by atoms with Crippen molar-refractivity contribution in [2.75, 3.05) is 12.8 Å². The fraction of sp³-hybridized carbons (Fsp3) is 0.438. The Bertz CT molecular complexity index is 692. The van der Waals surface area contributed by atoms with Gasteiger partial charge in [-0.3, -0.25) is 0 Å². The van der Waals surface area contributed by atoms with Crippen LogP contribution in [0.5, 0.6) is 5.75 Å². The first-order valence-electron chi connectivity index (χ1n) is 7.76. The lowest BCUT2D eigenvalue weighted by atomic mass is 9.98. The second-order valence-electron chi connectivity index (χ2n) is 5.57. The lowest BCUT2D eigenvalue weighted by Gasteiger charge is -2.21. The fourth-order valence-corrected chi connectivity index (χ4v) is 2.81. The molecule has 0 saturated heterocycles. The Hall–Kier alpha value is -2.57. The number of carbonyl (C=O) groups excluding carboxylic acids is 1. The van der Waals surface area contributed by atoms with E-state index in [9.17, 15) is 4.79 Å². The van der Waals surface area contributed by atoms with Crippen molar-refractivity contribution < 1.29 is 14.3 Å². The van der Waals surface area contributed by atoms with Crippen LogP contribution in [0.4, 0.5) is 5.82 Å². The summed E-state index contributed by atoms with van der Waals surface area (Å²) < 4.78 is 12.2. The largest absolute Gasteiger partial charge is 0.494 e. The summed E-state index contributed by atoms with van der Waals surface area (Å²) in [4.78, 5) is 12.3. The van der Waals surface area contributed by atoms with Gasteiger partial charge in [0.2, 0.25) is 5.69 Å². The zero-order valence-electron chi connectivity index (χ0n) is 13.1. The summed E-state index contributed by atoms with van der Waals surface area (Å²) in [7, 11) is 1.56. The lowest BCUT2D eigenvalue weighted by molar-refractivity contribution is 0.0205. The molecule has 1 aromatic heterocycles. The molecule has 1 aliphatic rings. The number of nitrogens with two attached hydrogens (primary N) is 1. The average molecular weight is 316 g/mol. The molecule has 2 N–H and O–H groups in total. The van der Waals surface area contributed by atoms with E-state index in [-0.39, 0.29) is 17.6 Å². The van der Waals surface area contributed by atoms with E-state index in [4.69, 9.17) is 15.2 Å². The molecule has 7 heteroatoms. The number of hydrogen-bond donors (Lipinski definition) is 1. The van der Waals surface area contributed by atoms with Gasteiger partial charge >= 0.3 is 5.97 Å². The Morgan fingerprint density at radius 3 is 2.74 bits per heavy atom. The van der Waals surface area contributed by atoms with E-state index in [0.29, 0.717) is 11.4 Å². The zero-order valence-corrected chi connectivity index (χ0v) is 13.1. The molecule has 0 unspecified atom stereocenters. The molecule has 2 aromatic rings. The highest BCUT2D eigenvalue weighted by atomic mass is 16.5. The van der Waals surface area contributed by atoms with Gasteiger partial charge in [-0.25, -0.2) is 4.79 Å². The van der Waals surface area contributed by atoms with Crippen molar-refractivity contribution in [3.8, 4) is 11.4 Å². The number of hydrogen-bond acceptors (Lipinski definition) is 6. The maximum Gasteiger partial charge on any atom is 0.363 e. The molecule has 0 bridgehead atoms. The van der Waals surface area contributed by atoms with E-state index in [0.717, 1.165) is 25.7 Å². The molecular formula is C16H20N4O3. The second-order valence-corrected chi connectivity index (χ2v) is 5.57. The SMILES string of the molecule is COc1ccccc1-n1nnc(C(=O)OC2CCCCC2)c1N. The summed E-state index contributed by atoms with van der Waals surface area (Å²) in [6, 6.07) is 7.25. The number of rotatable bonds is 4. The van der Waals surface area contributed by atoms with Gasteiger partial charge in [0.05, 0.1) is 7.11 Å². The molecule has 1 heterocycles. The van der Waals surface area contributed by atoms with Crippen LogP contribution < -0.4 is 10.5 Å². The molecule has 0 aliphatic heterocycles. The molecular weight excluding hydrogens is 296 g/mol. The minimum Gasteiger partial charge on any atom is -0.494 e. The summed E-state index contributed by atoms with van der Waals surface area (Å²) in [5, 5.41) is 7.86. The van der Waals surface area contributed by atoms with E-state index in [2.05, 4.69) is 10.3 Å². The Morgan fingerprint density at radius 2 is 2.00 bits per heavy atom. The number of nitrogens with zero attached hydrogens (tertiary/aromatic N) is 3. The van der Waals surface area contributed by atoms with Crippen LogP contribution in [0.1, 0.15) is 42.6 Å². The van der Waals surface area contributed by atoms with Crippen LogP contribution >= 0.6 is 0 Å². The lowest BCUT2D eigenvalue weighted by Crippen LogP contribution is -2.21. The van der Waals surface area contributed by atoms with Gasteiger partial charge < -0.3 is 15.2 Å². The van der Waals surface area contributed by atoms with E-state index in [1.54, 1.807) is 19.2 Å². The predicted molar refractivity (Wildman–Crippen MR) is 84.6 cm³/mol. The van der Waals surface area contributed by atoms with Crippen LogP contribution in [-0.4, -0.2) is 34.2 Å². The van der Waals surface area contributed by atoms with E-state index < -0.39 is 5.97 Å². The first kappa shape index (κ1) is 15.3. The Morgan fingerprint density at radius 1 is 1.26 bits per heavy atom. The summed E-state index contributed by atoms with van der Waals surface area (Å²) in [5.41, 5.74) is 6.71. The standard InChI is InChI=1S/C16H20N4O3/c1-22-13-10-6-5-9-12(13)20-15(17)14(18-19-20)16(21)23-11-7-3-2-4-8-11/h5-6,9-11H,2-4,7-8,17H2,1H3. The quantitative estimate of drug-likeness (QED) is 0.870.